The molecule has 1 rings (SSSR count). The Morgan fingerprint density at radius 3 is 2.42 bits per heavy atom. The van der Waals surface area contributed by atoms with E-state index in [1.54, 1.807) is 31.4 Å². The van der Waals surface area contributed by atoms with Crippen molar-refractivity contribution in [2.45, 2.75) is 12.8 Å². The number of methoxy groups -OCH3 is 1. The van der Waals surface area contributed by atoms with Crippen LogP contribution in [-0.2, 0) is 20.7 Å². The van der Waals surface area contributed by atoms with Gasteiger partial charge in [0.25, 0.3) is 0 Å². The number of ketones is 1. The van der Waals surface area contributed by atoms with Crippen molar-refractivity contribution in [2.24, 2.45) is 0 Å². The molecule has 0 radical (unpaired) electrons. The van der Waals surface area contributed by atoms with Gasteiger partial charge in [0.05, 0.1) is 18.4 Å². The summed E-state index contributed by atoms with van der Waals surface area (Å²) < 4.78 is 9.91. The number of ether oxygens (including phenoxy) is 2. The molecule has 0 fully saturated rings. The number of hydrogen-bond donors (Lipinski definition) is 0. The Kier molecular flexibility index (Phi) is 7.36. The summed E-state index contributed by atoms with van der Waals surface area (Å²) >= 11 is 3.12. The fourth-order valence-electron chi connectivity index (χ4n) is 1.49. The van der Waals surface area contributed by atoms with Gasteiger partial charge in [-0.2, -0.15) is 0 Å². The quantitative estimate of drug-likeness (QED) is 0.318. The first-order chi connectivity index (χ1) is 9.17. The zero-order valence-corrected chi connectivity index (χ0v) is 12.4. The number of alkyl halides is 1. The molecule has 0 aromatic heterocycles. The number of Topliss-reactive ketones (excluding diaryl/α,β-unsaturated/α-hetero) is 1. The lowest BCUT2D eigenvalue weighted by Gasteiger charge is -2.05. The molecular formula is C14H17BrO4. The van der Waals surface area contributed by atoms with Crippen LogP contribution < -0.4 is 0 Å². The van der Waals surface area contributed by atoms with E-state index in [4.69, 9.17) is 9.47 Å². The number of carbonyl (C=O) groups is 2. The minimum absolute atomic E-state index is 0.0219. The largest absolute Gasteiger partial charge is 0.465 e. The van der Waals surface area contributed by atoms with Gasteiger partial charge in [-0.05, 0) is 5.56 Å². The first-order valence-corrected chi connectivity index (χ1v) is 7.12. The number of rotatable bonds is 8. The van der Waals surface area contributed by atoms with Crippen molar-refractivity contribution in [3.63, 3.8) is 0 Å². The highest BCUT2D eigenvalue weighted by Gasteiger charge is 2.07. The number of esters is 1. The van der Waals surface area contributed by atoms with E-state index >= 15 is 0 Å². The fourth-order valence-corrected chi connectivity index (χ4v) is 1.82. The summed E-state index contributed by atoms with van der Waals surface area (Å²) in [7, 11) is 1.61. The van der Waals surface area contributed by atoms with Gasteiger partial charge in [-0.1, -0.05) is 40.2 Å². The molecule has 0 N–H and O–H groups in total. The molecule has 0 bridgehead atoms. The highest BCUT2D eigenvalue weighted by Crippen LogP contribution is 2.08. The Hall–Kier alpha value is -1.20. The van der Waals surface area contributed by atoms with Crippen molar-refractivity contribution in [1.82, 2.24) is 0 Å². The summed E-state index contributed by atoms with van der Waals surface area (Å²) in [5.41, 5.74) is 1.47. The first kappa shape index (κ1) is 15.9. The molecule has 1 aromatic carbocycles. The van der Waals surface area contributed by atoms with Crippen LogP contribution in [-0.4, -0.2) is 37.4 Å². The van der Waals surface area contributed by atoms with Crippen LogP contribution in [0.15, 0.2) is 24.3 Å². The molecule has 0 aliphatic rings. The summed E-state index contributed by atoms with van der Waals surface area (Å²) in [5.74, 6) is -0.246. The maximum Gasteiger partial charge on any atom is 0.310 e. The second-order valence-corrected chi connectivity index (χ2v) is 4.56. The van der Waals surface area contributed by atoms with E-state index in [0.29, 0.717) is 30.5 Å². The predicted molar refractivity (Wildman–Crippen MR) is 75.7 cm³/mol. The average Bonchev–Trinajstić information content (AvgIpc) is 2.43. The van der Waals surface area contributed by atoms with E-state index < -0.39 is 0 Å². The van der Waals surface area contributed by atoms with E-state index in [0.717, 1.165) is 5.56 Å². The molecule has 5 heteroatoms. The van der Waals surface area contributed by atoms with Gasteiger partial charge >= 0.3 is 5.97 Å². The Balaban J connectivity index is 2.40. The highest BCUT2D eigenvalue weighted by molar-refractivity contribution is 9.09. The minimum Gasteiger partial charge on any atom is -0.465 e. The summed E-state index contributed by atoms with van der Waals surface area (Å²) in [6, 6.07) is 6.98. The van der Waals surface area contributed by atoms with Gasteiger partial charge in [0, 0.05) is 25.7 Å². The number of hydrogen-bond acceptors (Lipinski definition) is 4. The molecule has 104 valence electrons. The van der Waals surface area contributed by atoms with E-state index in [1.165, 1.54) is 0 Å². The van der Waals surface area contributed by atoms with Crippen molar-refractivity contribution < 1.29 is 19.1 Å². The van der Waals surface area contributed by atoms with Crippen LogP contribution in [0.3, 0.4) is 0 Å². The van der Waals surface area contributed by atoms with Crippen molar-refractivity contribution in [3.05, 3.63) is 35.4 Å². The summed E-state index contributed by atoms with van der Waals surface area (Å²) in [4.78, 5) is 22.9. The molecule has 0 aliphatic heterocycles. The fraction of sp³-hybridized carbons (Fsp3) is 0.429. The van der Waals surface area contributed by atoms with Gasteiger partial charge in [-0.3, -0.25) is 9.59 Å². The zero-order chi connectivity index (χ0) is 14.1. The lowest BCUT2D eigenvalue weighted by atomic mass is 10.1. The van der Waals surface area contributed by atoms with E-state index in [1.807, 2.05) is 0 Å². The zero-order valence-electron chi connectivity index (χ0n) is 10.9. The van der Waals surface area contributed by atoms with Crippen LogP contribution in [0.2, 0.25) is 0 Å². The van der Waals surface area contributed by atoms with Gasteiger partial charge in [-0.15, -0.1) is 0 Å². The molecule has 0 saturated carbocycles. The topological polar surface area (TPSA) is 52.6 Å². The van der Waals surface area contributed by atoms with Crippen molar-refractivity contribution >= 4 is 27.7 Å². The molecule has 1 aromatic rings. The van der Waals surface area contributed by atoms with Crippen molar-refractivity contribution in [2.75, 3.05) is 25.7 Å². The maximum absolute atomic E-state index is 11.5. The predicted octanol–water partition coefficient (Wildman–Crippen LogP) is 2.39. The number of halogens is 1. The number of carbonyl (C=O) groups excluding carboxylic acids is 2. The standard InChI is InChI=1S/C14H17BrO4/c1-18-7-2-8-19-14(17)9-11-3-5-12(6-4-11)13(16)10-15/h3-6H,2,7-10H2,1H3. The molecule has 0 aliphatic carbocycles. The Bertz CT molecular complexity index is 414. The third-order valence-corrected chi connectivity index (χ3v) is 3.01. The number of benzene rings is 1. The van der Waals surface area contributed by atoms with Crippen LogP contribution in [0.1, 0.15) is 22.3 Å². The molecule has 0 atom stereocenters. The van der Waals surface area contributed by atoms with Crippen LogP contribution in [0.25, 0.3) is 0 Å². The Morgan fingerprint density at radius 1 is 1.16 bits per heavy atom. The molecule has 4 nitrogen and oxygen atoms in total. The smallest absolute Gasteiger partial charge is 0.310 e. The first-order valence-electron chi connectivity index (χ1n) is 6.00. The SMILES string of the molecule is COCCCOC(=O)Cc1ccc(C(=O)CBr)cc1. The monoisotopic (exact) mass is 328 g/mol. The van der Waals surface area contributed by atoms with Gasteiger partial charge in [-0.25, -0.2) is 0 Å². The van der Waals surface area contributed by atoms with Crippen LogP contribution in [0.4, 0.5) is 0 Å². The van der Waals surface area contributed by atoms with Crippen LogP contribution >= 0.6 is 15.9 Å². The van der Waals surface area contributed by atoms with E-state index in [9.17, 15) is 9.59 Å². The molecular weight excluding hydrogens is 312 g/mol. The Labute approximate surface area is 121 Å². The third kappa shape index (κ3) is 5.98. The molecule has 0 spiro atoms. The molecule has 0 saturated heterocycles. The molecule has 0 heterocycles. The van der Waals surface area contributed by atoms with E-state index in [2.05, 4.69) is 15.9 Å². The second kappa shape index (κ2) is 8.82. The van der Waals surface area contributed by atoms with Crippen molar-refractivity contribution in [1.29, 1.82) is 0 Å². The van der Waals surface area contributed by atoms with Crippen LogP contribution in [0.5, 0.6) is 0 Å². The van der Waals surface area contributed by atoms with E-state index in [-0.39, 0.29) is 18.2 Å². The molecule has 19 heavy (non-hydrogen) atoms. The third-order valence-electron chi connectivity index (χ3n) is 2.50. The van der Waals surface area contributed by atoms with Gasteiger partial charge in [0.1, 0.15) is 0 Å². The second-order valence-electron chi connectivity index (χ2n) is 4.00. The maximum atomic E-state index is 11.5. The average molecular weight is 329 g/mol. The lowest BCUT2D eigenvalue weighted by Crippen LogP contribution is -2.10. The highest BCUT2D eigenvalue weighted by atomic mass is 79.9. The van der Waals surface area contributed by atoms with Crippen molar-refractivity contribution in [3.8, 4) is 0 Å². The molecule has 0 unspecified atom stereocenters. The van der Waals surface area contributed by atoms with Crippen LogP contribution in [0, 0.1) is 0 Å². The van der Waals surface area contributed by atoms with Gasteiger partial charge in [0.15, 0.2) is 5.78 Å². The summed E-state index contributed by atoms with van der Waals surface area (Å²) in [6.07, 6.45) is 0.913. The summed E-state index contributed by atoms with van der Waals surface area (Å²) in [6.45, 7) is 0.948. The minimum atomic E-state index is -0.268. The summed E-state index contributed by atoms with van der Waals surface area (Å²) in [5, 5.41) is 0.299. The van der Waals surface area contributed by atoms with Gasteiger partial charge in [0.2, 0.25) is 0 Å². The molecule has 0 amide bonds. The lowest BCUT2D eigenvalue weighted by molar-refractivity contribution is -0.143. The Morgan fingerprint density at radius 2 is 1.84 bits per heavy atom. The van der Waals surface area contributed by atoms with Gasteiger partial charge < -0.3 is 9.47 Å². The normalized spacial score (nSPS) is 10.2.